The summed E-state index contributed by atoms with van der Waals surface area (Å²) >= 11 is 0. The number of nitrogens with zero attached hydrogens (tertiary/aromatic N) is 3. The van der Waals surface area contributed by atoms with Crippen LogP contribution in [0.3, 0.4) is 0 Å². The summed E-state index contributed by atoms with van der Waals surface area (Å²) in [6.07, 6.45) is 1.98. The van der Waals surface area contributed by atoms with Gasteiger partial charge in [0, 0.05) is 32.8 Å². The van der Waals surface area contributed by atoms with Crippen LogP contribution in [0, 0.1) is 18.4 Å². The van der Waals surface area contributed by atoms with E-state index in [1.807, 2.05) is 37.4 Å². The molecule has 1 aromatic carbocycles. The van der Waals surface area contributed by atoms with E-state index in [4.69, 9.17) is 10.00 Å². The Morgan fingerprint density at radius 1 is 1.57 bits per heavy atom. The number of piperazine rings is 1. The average molecular weight is 287 g/mol. The Bertz CT molecular complexity index is 535. The van der Waals surface area contributed by atoms with Gasteiger partial charge in [0.25, 0.3) is 0 Å². The second-order valence-corrected chi connectivity index (χ2v) is 5.01. The van der Waals surface area contributed by atoms with E-state index in [9.17, 15) is 0 Å². The Morgan fingerprint density at radius 2 is 2.38 bits per heavy atom. The van der Waals surface area contributed by atoms with Crippen LogP contribution in [-0.2, 0) is 4.74 Å². The Balaban J connectivity index is 2.18. The van der Waals surface area contributed by atoms with Crippen LogP contribution in [0.15, 0.2) is 29.3 Å². The van der Waals surface area contributed by atoms with E-state index < -0.39 is 0 Å². The molecule has 6 nitrogen and oxygen atoms in total. The fourth-order valence-electron chi connectivity index (χ4n) is 2.36. The van der Waals surface area contributed by atoms with Crippen LogP contribution in [0.4, 0.5) is 5.69 Å². The molecule has 1 saturated heterocycles. The van der Waals surface area contributed by atoms with E-state index in [2.05, 4.69) is 20.5 Å². The van der Waals surface area contributed by atoms with Crippen LogP contribution in [0.1, 0.15) is 5.56 Å². The van der Waals surface area contributed by atoms with Gasteiger partial charge in [0.05, 0.1) is 12.3 Å². The van der Waals surface area contributed by atoms with Gasteiger partial charge in [-0.3, -0.25) is 5.32 Å². The molecule has 0 bridgehead atoms. The third kappa shape index (κ3) is 4.18. The molecule has 0 aliphatic carbocycles. The number of aliphatic imine (C=N–C) groups is 1. The smallest absolute Gasteiger partial charge is 0.212 e. The lowest BCUT2D eigenvalue weighted by molar-refractivity contribution is 0.139. The van der Waals surface area contributed by atoms with E-state index in [0.29, 0.717) is 12.6 Å². The highest BCUT2D eigenvalue weighted by Gasteiger charge is 2.22. The molecule has 0 amide bonds. The molecular weight excluding hydrogens is 266 g/mol. The molecule has 1 atom stereocenters. The van der Waals surface area contributed by atoms with Gasteiger partial charge in [-0.2, -0.15) is 5.26 Å². The molecule has 2 N–H and O–H groups in total. The number of benzene rings is 1. The van der Waals surface area contributed by atoms with Gasteiger partial charge in [0.2, 0.25) is 5.96 Å². The topological polar surface area (TPSA) is 72.7 Å². The number of aryl methyl sites for hydroxylation is 1. The maximum Gasteiger partial charge on any atom is 0.212 e. The third-order valence-electron chi connectivity index (χ3n) is 3.43. The van der Waals surface area contributed by atoms with Crippen molar-refractivity contribution in [3.05, 3.63) is 29.8 Å². The molecule has 1 aliphatic heterocycles. The van der Waals surface area contributed by atoms with Crippen LogP contribution in [0.5, 0.6) is 0 Å². The van der Waals surface area contributed by atoms with E-state index in [1.165, 1.54) is 0 Å². The molecule has 1 aliphatic rings. The van der Waals surface area contributed by atoms with Crippen molar-refractivity contribution in [2.75, 3.05) is 33.4 Å². The molecule has 1 aromatic rings. The van der Waals surface area contributed by atoms with Crippen molar-refractivity contribution >= 4 is 11.6 Å². The van der Waals surface area contributed by atoms with Crippen LogP contribution in [-0.4, -0.2) is 50.3 Å². The van der Waals surface area contributed by atoms with Crippen LogP contribution in [0.2, 0.25) is 0 Å². The van der Waals surface area contributed by atoms with Gasteiger partial charge < -0.3 is 15.0 Å². The predicted molar refractivity (Wildman–Crippen MR) is 82.3 cm³/mol. The maximum atomic E-state index is 8.97. The highest BCUT2D eigenvalue weighted by molar-refractivity contribution is 5.84. The van der Waals surface area contributed by atoms with E-state index >= 15 is 0 Å². The first-order chi connectivity index (χ1) is 10.2. The van der Waals surface area contributed by atoms with Gasteiger partial charge in [-0.25, -0.2) is 4.99 Å². The van der Waals surface area contributed by atoms with Crippen molar-refractivity contribution in [2.24, 2.45) is 4.99 Å². The minimum absolute atomic E-state index is 0.242. The van der Waals surface area contributed by atoms with E-state index in [0.717, 1.165) is 30.9 Å². The van der Waals surface area contributed by atoms with E-state index in [-0.39, 0.29) is 6.04 Å². The molecule has 1 unspecified atom stereocenters. The summed E-state index contributed by atoms with van der Waals surface area (Å²) in [7, 11) is 1.69. The number of guanidine groups is 1. The molecule has 0 spiro atoms. The number of nitrogens with one attached hydrogen (secondary N) is 2. The number of ether oxygens (including phenoxy) is 1. The monoisotopic (exact) mass is 287 g/mol. The Kier molecular flexibility index (Phi) is 5.55. The lowest BCUT2D eigenvalue weighted by Gasteiger charge is -2.34. The van der Waals surface area contributed by atoms with Crippen molar-refractivity contribution in [2.45, 2.75) is 13.0 Å². The van der Waals surface area contributed by atoms with Crippen LogP contribution < -0.4 is 10.6 Å². The third-order valence-corrected chi connectivity index (χ3v) is 3.43. The SMILES string of the molecule is COCC1CN(C(=Nc2ccccc2C)NC#N)CCN1. The second kappa shape index (κ2) is 7.62. The van der Waals surface area contributed by atoms with Gasteiger partial charge in [-0.15, -0.1) is 0 Å². The number of hydrogen-bond donors (Lipinski definition) is 2. The quantitative estimate of drug-likeness (QED) is 0.375. The van der Waals surface area contributed by atoms with Gasteiger partial charge in [-0.05, 0) is 18.6 Å². The summed E-state index contributed by atoms with van der Waals surface area (Å²) in [5.74, 6) is 0.592. The number of nitriles is 1. The first kappa shape index (κ1) is 15.3. The van der Waals surface area contributed by atoms with Crippen molar-refractivity contribution in [1.82, 2.24) is 15.5 Å². The number of rotatable bonds is 3. The molecule has 0 aromatic heterocycles. The van der Waals surface area contributed by atoms with Crippen LogP contribution in [0.25, 0.3) is 0 Å². The van der Waals surface area contributed by atoms with Gasteiger partial charge >= 0.3 is 0 Å². The molecular formula is C15H21N5O. The summed E-state index contributed by atoms with van der Waals surface area (Å²) in [5.41, 5.74) is 1.95. The zero-order valence-electron chi connectivity index (χ0n) is 12.5. The molecule has 6 heteroatoms. The molecule has 1 heterocycles. The molecule has 0 radical (unpaired) electrons. The Morgan fingerprint density at radius 3 is 3.10 bits per heavy atom. The van der Waals surface area contributed by atoms with E-state index in [1.54, 1.807) is 7.11 Å². The Labute approximate surface area is 125 Å². The maximum absolute atomic E-state index is 8.97. The second-order valence-electron chi connectivity index (χ2n) is 5.01. The van der Waals surface area contributed by atoms with Crippen molar-refractivity contribution in [3.8, 4) is 6.19 Å². The fourth-order valence-corrected chi connectivity index (χ4v) is 2.36. The van der Waals surface area contributed by atoms with Crippen LogP contribution >= 0.6 is 0 Å². The number of hydrogen-bond acceptors (Lipinski definition) is 4. The number of para-hydroxylation sites is 1. The lowest BCUT2D eigenvalue weighted by atomic mass is 10.2. The summed E-state index contributed by atoms with van der Waals surface area (Å²) in [4.78, 5) is 6.69. The summed E-state index contributed by atoms with van der Waals surface area (Å²) in [6.45, 7) is 5.05. The zero-order chi connectivity index (χ0) is 15.1. The predicted octanol–water partition coefficient (Wildman–Crippen LogP) is 0.973. The normalized spacial score (nSPS) is 19.2. The molecule has 112 valence electrons. The zero-order valence-corrected chi connectivity index (χ0v) is 12.5. The minimum atomic E-state index is 0.242. The average Bonchev–Trinajstić information content (AvgIpc) is 2.49. The lowest BCUT2D eigenvalue weighted by Crippen LogP contribution is -2.56. The highest BCUT2D eigenvalue weighted by atomic mass is 16.5. The molecule has 21 heavy (non-hydrogen) atoms. The fraction of sp³-hybridized carbons (Fsp3) is 0.467. The summed E-state index contributed by atoms with van der Waals surface area (Å²) in [6, 6.07) is 8.12. The summed E-state index contributed by atoms with van der Waals surface area (Å²) in [5, 5.41) is 15.1. The molecule has 1 fully saturated rings. The van der Waals surface area contributed by atoms with Gasteiger partial charge in [0.1, 0.15) is 0 Å². The van der Waals surface area contributed by atoms with Crippen molar-refractivity contribution in [3.63, 3.8) is 0 Å². The highest BCUT2D eigenvalue weighted by Crippen LogP contribution is 2.18. The summed E-state index contributed by atoms with van der Waals surface area (Å²) < 4.78 is 5.19. The first-order valence-electron chi connectivity index (χ1n) is 7.01. The first-order valence-corrected chi connectivity index (χ1v) is 7.01. The van der Waals surface area contributed by atoms with Crippen molar-refractivity contribution in [1.29, 1.82) is 5.26 Å². The van der Waals surface area contributed by atoms with Gasteiger partial charge in [-0.1, -0.05) is 18.2 Å². The molecule has 0 saturated carbocycles. The Hall–Kier alpha value is -2.10. The van der Waals surface area contributed by atoms with Gasteiger partial charge in [0.15, 0.2) is 6.19 Å². The van der Waals surface area contributed by atoms with Crippen molar-refractivity contribution < 1.29 is 4.74 Å². The molecule has 2 rings (SSSR count). The minimum Gasteiger partial charge on any atom is -0.383 e. The standard InChI is InChI=1S/C15H21N5O/c1-12-5-3-4-6-14(12)19-15(18-11-16)20-8-7-17-13(9-20)10-21-2/h3-6,13,17H,7-10H2,1-2H3,(H,18,19). The largest absolute Gasteiger partial charge is 0.383 e. The number of methoxy groups -OCH3 is 1.